The molecular formula is C11H22N4O. The molecule has 2 saturated heterocycles. The number of amides is 2. The Hall–Kier alpha value is -0.810. The zero-order chi connectivity index (χ0) is 11.5. The molecule has 2 aliphatic heterocycles. The molecule has 2 aliphatic rings. The van der Waals surface area contributed by atoms with Crippen LogP contribution in [0.25, 0.3) is 0 Å². The summed E-state index contributed by atoms with van der Waals surface area (Å²) in [5.41, 5.74) is 6.05. The second-order valence-electron chi connectivity index (χ2n) is 4.95. The summed E-state index contributed by atoms with van der Waals surface area (Å²) in [4.78, 5) is 15.6. The summed E-state index contributed by atoms with van der Waals surface area (Å²) in [5.74, 6) is 0.631. The van der Waals surface area contributed by atoms with E-state index in [1.165, 1.54) is 6.42 Å². The van der Waals surface area contributed by atoms with E-state index in [9.17, 15) is 4.79 Å². The smallest absolute Gasteiger partial charge is 0.317 e. The summed E-state index contributed by atoms with van der Waals surface area (Å²) >= 11 is 0. The molecule has 0 spiro atoms. The van der Waals surface area contributed by atoms with E-state index in [2.05, 4.69) is 17.1 Å². The molecule has 92 valence electrons. The Morgan fingerprint density at radius 2 is 2.25 bits per heavy atom. The van der Waals surface area contributed by atoms with Crippen LogP contribution in [0.5, 0.6) is 0 Å². The van der Waals surface area contributed by atoms with Crippen LogP contribution in [-0.2, 0) is 0 Å². The van der Waals surface area contributed by atoms with Crippen LogP contribution >= 0.6 is 0 Å². The van der Waals surface area contributed by atoms with Gasteiger partial charge in [0, 0.05) is 38.8 Å². The van der Waals surface area contributed by atoms with Crippen LogP contribution in [0.1, 0.15) is 13.3 Å². The normalized spacial score (nSPS) is 31.9. The summed E-state index contributed by atoms with van der Waals surface area (Å²) in [7, 11) is 0. The van der Waals surface area contributed by atoms with E-state index < -0.39 is 0 Å². The van der Waals surface area contributed by atoms with Crippen LogP contribution in [0.15, 0.2) is 0 Å². The van der Waals surface area contributed by atoms with Crippen LogP contribution in [0.4, 0.5) is 4.79 Å². The number of nitrogens with zero attached hydrogens (tertiary/aromatic N) is 2. The Labute approximate surface area is 96.9 Å². The van der Waals surface area contributed by atoms with Crippen molar-refractivity contribution in [3.05, 3.63) is 0 Å². The lowest BCUT2D eigenvalue weighted by atomic mass is 9.94. The molecule has 0 bridgehead atoms. The largest absolute Gasteiger partial charge is 0.336 e. The molecule has 2 unspecified atom stereocenters. The minimum absolute atomic E-state index is 0.0784. The molecular weight excluding hydrogens is 204 g/mol. The summed E-state index contributed by atoms with van der Waals surface area (Å²) in [6.07, 6.45) is 1.17. The van der Waals surface area contributed by atoms with Gasteiger partial charge in [-0.2, -0.15) is 0 Å². The van der Waals surface area contributed by atoms with Crippen LogP contribution < -0.4 is 11.1 Å². The van der Waals surface area contributed by atoms with Crippen molar-refractivity contribution in [3.8, 4) is 0 Å². The van der Waals surface area contributed by atoms with E-state index in [0.29, 0.717) is 12.0 Å². The fourth-order valence-corrected chi connectivity index (χ4v) is 2.36. The molecule has 3 N–H and O–H groups in total. The van der Waals surface area contributed by atoms with Gasteiger partial charge in [0.25, 0.3) is 0 Å². The van der Waals surface area contributed by atoms with Crippen molar-refractivity contribution in [1.82, 2.24) is 15.1 Å². The fraction of sp³-hybridized carbons (Fsp3) is 0.909. The quantitative estimate of drug-likeness (QED) is 0.693. The topological polar surface area (TPSA) is 61.6 Å². The van der Waals surface area contributed by atoms with Gasteiger partial charge < -0.3 is 20.9 Å². The fourth-order valence-electron chi connectivity index (χ4n) is 2.36. The monoisotopic (exact) mass is 226 g/mol. The molecule has 2 atom stereocenters. The third kappa shape index (κ3) is 2.65. The van der Waals surface area contributed by atoms with Crippen molar-refractivity contribution in [1.29, 1.82) is 0 Å². The number of piperidine rings is 1. The molecule has 2 rings (SSSR count). The molecule has 0 aromatic rings. The van der Waals surface area contributed by atoms with Gasteiger partial charge in [-0.3, -0.25) is 0 Å². The number of rotatable bonds is 3. The molecule has 0 radical (unpaired) electrons. The lowest BCUT2D eigenvalue weighted by Crippen LogP contribution is -2.49. The van der Waals surface area contributed by atoms with Gasteiger partial charge in [-0.25, -0.2) is 4.79 Å². The summed E-state index contributed by atoms with van der Waals surface area (Å²) < 4.78 is 0. The lowest BCUT2D eigenvalue weighted by molar-refractivity contribution is 0.153. The van der Waals surface area contributed by atoms with E-state index >= 15 is 0 Å². The van der Waals surface area contributed by atoms with Gasteiger partial charge in [0.1, 0.15) is 0 Å². The highest BCUT2D eigenvalue weighted by Crippen LogP contribution is 2.15. The zero-order valence-corrected chi connectivity index (χ0v) is 9.98. The predicted octanol–water partition coefficient (Wildman–Crippen LogP) is -0.319. The molecule has 5 heteroatoms. The van der Waals surface area contributed by atoms with Gasteiger partial charge in [-0.05, 0) is 18.9 Å². The molecule has 0 aliphatic carbocycles. The van der Waals surface area contributed by atoms with Crippen LogP contribution in [0.2, 0.25) is 0 Å². The van der Waals surface area contributed by atoms with Crippen LogP contribution in [-0.4, -0.2) is 61.1 Å². The van der Waals surface area contributed by atoms with Crippen LogP contribution in [0, 0.1) is 5.92 Å². The minimum atomic E-state index is 0.0784. The Morgan fingerprint density at radius 1 is 1.44 bits per heavy atom. The molecule has 2 fully saturated rings. The Morgan fingerprint density at radius 3 is 2.88 bits per heavy atom. The zero-order valence-electron chi connectivity index (χ0n) is 9.98. The van der Waals surface area contributed by atoms with E-state index in [1.54, 1.807) is 0 Å². The van der Waals surface area contributed by atoms with E-state index in [4.69, 9.17) is 5.73 Å². The first-order valence-electron chi connectivity index (χ1n) is 6.17. The van der Waals surface area contributed by atoms with Gasteiger partial charge in [0.2, 0.25) is 0 Å². The number of urea groups is 1. The molecule has 2 heterocycles. The maximum Gasteiger partial charge on any atom is 0.317 e. The van der Waals surface area contributed by atoms with Crippen molar-refractivity contribution >= 4 is 6.03 Å². The molecule has 5 nitrogen and oxygen atoms in total. The molecule has 0 aromatic carbocycles. The Kier molecular flexibility index (Phi) is 3.66. The number of hydrogen-bond acceptors (Lipinski definition) is 3. The van der Waals surface area contributed by atoms with Gasteiger partial charge in [0.15, 0.2) is 0 Å². The summed E-state index contributed by atoms with van der Waals surface area (Å²) in [6.45, 7) is 7.71. The highest BCUT2D eigenvalue weighted by molar-refractivity contribution is 5.76. The minimum Gasteiger partial charge on any atom is -0.336 e. The average Bonchev–Trinajstić information content (AvgIpc) is 2.66. The maximum absolute atomic E-state index is 11.3. The van der Waals surface area contributed by atoms with E-state index in [1.807, 2.05) is 4.90 Å². The third-order valence-electron chi connectivity index (χ3n) is 3.73. The Balaban J connectivity index is 1.72. The maximum atomic E-state index is 11.3. The molecule has 16 heavy (non-hydrogen) atoms. The second kappa shape index (κ2) is 5.01. The van der Waals surface area contributed by atoms with Gasteiger partial charge in [0.05, 0.1) is 0 Å². The number of hydrogen-bond donors (Lipinski definition) is 2. The number of nitrogens with two attached hydrogens (primary N) is 1. The van der Waals surface area contributed by atoms with Gasteiger partial charge in [-0.1, -0.05) is 6.92 Å². The van der Waals surface area contributed by atoms with E-state index in [0.717, 1.165) is 39.3 Å². The predicted molar refractivity (Wildman–Crippen MR) is 63.2 cm³/mol. The summed E-state index contributed by atoms with van der Waals surface area (Å²) in [6, 6.07) is 0.371. The number of carbonyl (C=O) groups excluding carboxylic acids is 1. The number of nitrogens with one attached hydrogen (secondary N) is 1. The molecule has 0 saturated carbocycles. The first-order valence-corrected chi connectivity index (χ1v) is 6.17. The molecule has 0 aromatic heterocycles. The van der Waals surface area contributed by atoms with Crippen molar-refractivity contribution in [2.45, 2.75) is 19.4 Å². The lowest BCUT2D eigenvalue weighted by Gasteiger charge is -2.35. The van der Waals surface area contributed by atoms with Crippen molar-refractivity contribution < 1.29 is 4.79 Å². The van der Waals surface area contributed by atoms with Gasteiger partial charge >= 0.3 is 6.03 Å². The van der Waals surface area contributed by atoms with E-state index in [-0.39, 0.29) is 6.03 Å². The average molecular weight is 226 g/mol. The third-order valence-corrected chi connectivity index (χ3v) is 3.73. The van der Waals surface area contributed by atoms with Crippen LogP contribution in [0.3, 0.4) is 0 Å². The number of carbonyl (C=O) groups is 1. The van der Waals surface area contributed by atoms with Crippen molar-refractivity contribution in [2.75, 3.05) is 39.3 Å². The standard InChI is InChI=1S/C11H22N4O/c1-9-2-4-14(8-10(9)12)6-7-15-5-3-13-11(15)16/h9-10H,2-8,12H2,1H3,(H,13,16). The van der Waals surface area contributed by atoms with Gasteiger partial charge in [-0.15, -0.1) is 0 Å². The highest BCUT2D eigenvalue weighted by Gasteiger charge is 2.24. The number of likely N-dealkylation sites (tertiary alicyclic amines) is 1. The Bertz CT molecular complexity index is 258. The molecule has 2 amide bonds. The van der Waals surface area contributed by atoms with Crippen molar-refractivity contribution in [2.24, 2.45) is 11.7 Å². The first-order chi connectivity index (χ1) is 7.66. The SMILES string of the molecule is CC1CCN(CCN2CCNC2=O)CC1N. The second-order valence-corrected chi connectivity index (χ2v) is 4.95. The highest BCUT2D eigenvalue weighted by atomic mass is 16.2. The first kappa shape index (κ1) is 11.7. The summed E-state index contributed by atoms with van der Waals surface area (Å²) in [5, 5.41) is 2.82. The van der Waals surface area contributed by atoms with Crippen molar-refractivity contribution in [3.63, 3.8) is 0 Å².